The Balaban J connectivity index is 0.000000271. The highest BCUT2D eigenvalue weighted by Crippen LogP contribution is 2.38. The van der Waals surface area contributed by atoms with Crippen LogP contribution in [0.4, 0.5) is 5.95 Å². The number of halogens is 1. The highest BCUT2D eigenvalue weighted by molar-refractivity contribution is 7.15. The van der Waals surface area contributed by atoms with Gasteiger partial charge in [0.1, 0.15) is 5.69 Å². The van der Waals surface area contributed by atoms with Crippen LogP contribution in [0.3, 0.4) is 0 Å². The van der Waals surface area contributed by atoms with Crippen LogP contribution in [-0.2, 0) is 4.74 Å². The van der Waals surface area contributed by atoms with E-state index in [0.29, 0.717) is 29.2 Å². The zero-order valence-corrected chi connectivity index (χ0v) is 17.9. The fourth-order valence-electron chi connectivity index (χ4n) is 3.57. The standard InChI is InChI=1S/C14H18ClN5S.C5H10O2/c1-8-7-20(2)4-3-9(8)13-17-6-11(21-13)12-10(15)5-18-14(16)19-12;6-5-2-1-3-7-4-5/h5-6,8-9H,3-4,7H2,1-2H3,(H2,16,18,19);5-6H,1-4H2/t8?,9-;/m1./s1. The summed E-state index contributed by atoms with van der Waals surface area (Å²) in [6, 6.07) is 0. The largest absolute Gasteiger partial charge is 0.391 e. The SMILES string of the molecule is CC1CN(C)CC[C@H]1c1ncc(-c2nc(N)ncc2Cl)s1.OC1CCCOC1. The zero-order chi connectivity index (χ0) is 20.1. The van der Waals surface area contributed by atoms with E-state index in [1.165, 1.54) is 11.2 Å². The lowest BCUT2D eigenvalue weighted by atomic mass is 9.88. The molecule has 3 atom stereocenters. The van der Waals surface area contributed by atoms with E-state index < -0.39 is 0 Å². The third-order valence-electron chi connectivity index (χ3n) is 5.08. The van der Waals surface area contributed by atoms with Gasteiger partial charge in [0.05, 0.1) is 33.8 Å². The maximum atomic E-state index is 8.78. The summed E-state index contributed by atoms with van der Waals surface area (Å²) in [5.41, 5.74) is 6.32. The highest BCUT2D eigenvalue weighted by Gasteiger charge is 2.28. The van der Waals surface area contributed by atoms with Crippen molar-refractivity contribution in [1.29, 1.82) is 0 Å². The number of aliphatic hydroxyl groups is 1. The number of anilines is 1. The molecule has 0 amide bonds. The number of nitrogens with zero attached hydrogens (tertiary/aromatic N) is 4. The van der Waals surface area contributed by atoms with Crippen LogP contribution in [0.25, 0.3) is 10.6 Å². The second-order valence-electron chi connectivity index (χ2n) is 7.49. The number of thiazole rings is 1. The van der Waals surface area contributed by atoms with Gasteiger partial charge in [-0.3, -0.25) is 0 Å². The van der Waals surface area contributed by atoms with Gasteiger partial charge in [0, 0.05) is 25.3 Å². The van der Waals surface area contributed by atoms with Crippen LogP contribution in [0.15, 0.2) is 12.4 Å². The highest BCUT2D eigenvalue weighted by atomic mass is 35.5. The molecule has 2 aromatic rings. The monoisotopic (exact) mass is 425 g/mol. The average Bonchev–Trinajstić information content (AvgIpc) is 3.14. The zero-order valence-electron chi connectivity index (χ0n) is 16.3. The molecule has 7 nitrogen and oxygen atoms in total. The number of piperidine rings is 1. The molecule has 4 heterocycles. The Kier molecular flexibility index (Phi) is 7.59. The number of rotatable bonds is 2. The van der Waals surface area contributed by atoms with Crippen molar-refractivity contribution < 1.29 is 9.84 Å². The third kappa shape index (κ3) is 5.61. The Morgan fingerprint density at radius 3 is 2.79 bits per heavy atom. The molecule has 3 N–H and O–H groups in total. The fourth-order valence-corrected chi connectivity index (χ4v) is 5.01. The number of likely N-dealkylation sites (tertiary alicyclic amines) is 1. The molecule has 0 radical (unpaired) electrons. The van der Waals surface area contributed by atoms with Gasteiger partial charge in [-0.2, -0.15) is 0 Å². The molecule has 9 heteroatoms. The molecule has 0 aromatic carbocycles. The van der Waals surface area contributed by atoms with Gasteiger partial charge in [-0.15, -0.1) is 11.3 Å². The molecule has 2 aliphatic rings. The minimum Gasteiger partial charge on any atom is -0.391 e. The summed E-state index contributed by atoms with van der Waals surface area (Å²) in [4.78, 5) is 16.1. The van der Waals surface area contributed by atoms with Gasteiger partial charge in [-0.1, -0.05) is 18.5 Å². The first-order valence-electron chi connectivity index (χ1n) is 9.62. The molecule has 4 rings (SSSR count). The predicted octanol–water partition coefficient (Wildman–Crippen LogP) is 3.05. The molecule has 2 unspecified atom stereocenters. The minimum absolute atomic E-state index is 0.186. The first kappa shape index (κ1) is 21.4. The summed E-state index contributed by atoms with van der Waals surface area (Å²) in [6.07, 6.45) is 6.27. The molecule has 2 fully saturated rings. The number of nitrogens with two attached hydrogens (primary N) is 1. The predicted molar refractivity (Wildman–Crippen MR) is 113 cm³/mol. The lowest BCUT2D eigenvalue weighted by Crippen LogP contribution is -2.35. The Bertz CT molecular complexity index is 769. The Labute approximate surface area is 174 Å². The van der Waals surface area contributed by atoms with Crippen molar-refractivity contribution >= 4 is 28.9 Å². The number of aromatic nitrogens is 3. The maximum absolute atomic E-state index is 8.78. The average molecular weight is 426 g/mol. The molecular weight excluding hydrogens is 398 g/mol. The fraction of sp³-hybridized carbons (Fsp3) is 0.632. The van der Waals surface area contributed by atoms with Gasteiger partial charge in [-0.05, 0) is 38.8 Å². The molecular formula is C19H28ClN5O2S. The van der Waals surface area contributed by atoms with Crippen LogP contribution in [0.1, 0.15) is 37.1 Å². The normalized spacial score (nSPS) is 25.8. The molecule has 0 spiro atoms. The molecule has 0 aliphatic carbocycles. The molecule has 0 saturated carbocycles. The number of hydrogen-bond donors (Lipinski definition) is 2. The summed E-state index contributed by atoms with van der Waals surface area (Å²) >= 11 is 7.83. The van der Waals surface area contributed by atoms with Crippen molar-refractivity contribution in [2.75, 3.05) is 39.1 Å². The van der Waals surface area contributed by atoms with Crippen molar-refractivity contribution in [3.05, 3.63) is 22.4 Å². The van der Waals surface area contributed by atoms with E-state index in [9.17, 15) is 0 Å². The van der Waals surface area contributed by atoms with Gasteiger partial charge in [0.25, 0.3) is 0 Å². The molecule has 2 aromatic heterocycles. The smallest absolute Gasteiger partial charge is 0.220 e. The lowest BCUT2D eigenvalue weighted by molar-refractivity contribution is -0.00535. The Hall–Kier alpha value is -1.32. The van der Waals surface area contributed by atoms with Crippen LogP contribution < -0.4 is 5.73 Å². The van der Waals surface area contributed by atoms with E-state index in [1.807, 2.05) is 6.20 Å². The molecule has 154 valence electrons. The van der Waals surface area contributed by atoms with E-state index in [2.05, 4.69) is 33.8 Å². The summed E-state index contributed by atoms with van der Waals surface area (Å²) in [5.74, 6) is 1.35. The van der Waals surface area contributed by atoms with Crippen molar-refractivity contribution in [3.8, 4) is 10.6 Å². The maximum Gasteiger partial charge on any atom is 0.220 e. The second kappa shape index (κ2) is 9.93. The van der Waals surface area contributed by atoms with Crippen molar-refractivity contribution in [1.82, 2.24) is 19.9 Å². The van der Waals surface area contributed by atoms with Crippen LogP contribution in [0.2, 0.25) is 5.02 Å². The van der Waals surface area contributed by atoms with Gasteiger partial charge in [-0.25, -0.2) is 15.0 Å². The Morgan fingerprint density at radius 2 is 2.14 bits per heavy atom. The topological polar surface area (TPSA) is 97.4 Å². The summed E-state index contributed by atoms with van der Waals surface area (Å²) < 4.78 is 4.93. The summed E-state index contributed by atoms with van der Waals surface area (Å²) in [5, 5.41) is 10.5. The first-order chi connectivity index (χ1) is 13.4. The number of hydrogen-bond acceptors (Lipinski definition) is 8. The van der Waals surface area contributed by atoms with Crippen LogP contribution in [0, 0.1) is 5.92 Å². The summed E-state index contributed by atoms with van der Waals surface area (Å²) in [7, 11) is 2.17. The minimum atomic E-state index is -0.186. The van der Waals surface area contributed by atoms with Gasteiger partial charge in [0.15, 0.2) is 0 Å². The van der Waals surface area contributed by atoms with Crippen LogP contribution in [0.5, 0.6) is 0 Å². The molecule has 0 bridgehead atoms. The van der Waals surface area contributed by atoms with Crippen LogP contribution in [-0.4, -0.2) is 64.4 Å². The molecule has 2 saturated heterocycles. The van der Waals surface area contributed by atoms with Gasteiger partial charge < -0.3 is 20.5 Å². The first-order valence-corrected chi connectivity index (χ1v) is 10.8. The second-order valence-corrected chi connectivity index (χ2v) is 8.96. The lowest BCUT2D eigenvalue weighted by Gasteiger charge is -2.33. The number of aliphatic hydroxyl groups excluding tert-OH is 1. The third-order valence-corrected chi connectivity index (χ3v) is 6.49. The van der Waals surface area contributed by atoms with E-state index >= 15 is 0 Å². The van der Waals surface area contributed by atoms with E-state index in [-0.39, 0.29) is 12.1 Å². The van der Waals surface area contributed by atoms with E-state index in [0.717, 1.165) is 43.8 Å². The van der Waals surface area contributed by atoms with Crippen molar-refractivity contribution in [2.24, 2.45) is 5.92 Å². The quantitative estimate of drug-likeness (QED) is 0.762. The van der Waals surface area contributed by atoms with Gasteiger partial charge in [0.2, 0.25) is 5.95 Å². The number of nitrogen functional groups attached to an aromatic ring is 1. The Morgan fingerprint density at radius 1 is 1.32 bits per heavy atom. The summed E-state index contributed by atoms with van der Waals surface area (Å²) in [6.45, 7) is 5.89. The van der Waals surface area contributed by atoms with Gasteiger partial charge >= 0.3 is 0 Å². The van der Waals surface area contributed by atoms with Crippen molar-refractivity contribution in [3.63, 3.8) is 0 Å². The number of ether oxygens (including phenoxy) is 1. The molecule has 28 heavy (non-hydrogen) atoms. The van der Waals surface area contributed by atoms with E-state index in [1.54, 1.807) is 11.3 Å². The van der Waals surface area contributed by atoms with Crippen LogP contribution >= 0.6 is 22.9 Å². The van der Waals surface area contributed by atoms with Crippen molar-refractivity contribution in [2.45, 2.75) is 38.2 Å². The van der Waals surface area contributed by atoms with E-state index in [4.69, 9.17) is 27.2 Å². The molecule has 2 aliphatic heterocycles.